The van der Waals surface area contributed by atoms with Crippen molar-refractivity contribution in [1.29, 1.82) is 0 Å². The molecule has 0 aliphatic rings. The van der Waals surface area contributed by atoms with Crippen molar-refractivity contribution >= 4 is 33.3 Å². The van der Waals surface area contributed by atoms with Gasteiger partial charge in [-0.05, 0) is 36.2 Å². The monoisotopic (exact) mass is 452 g/mol. The zero-order valence-electron chi connectivity index (χ0n) is 17.9. The Morgan fingerprint density at radius 2 is 1.52 bits per heavy atom. The molecular weight excluding hydrogens is 432 g/mol. The lowest BCUT2D eigenvalue weighted by Crippen LogP contribution is -2.13. The number of esters is 1. The molecule has 0 bridgehead atoms. The maximum atomic E-state index is 12.7. The fourth-order valence-corrected chi connectivity index (χ4v) is 4.73. The number of aromatic nitrogens is 2. The lowest BCUT2D eigenvalue weighted by molar-refractivity contribution is 0.0479. The number of nitrogens with zero attached hydrogens (tertiary/aromatic N) is 2. The topological polar surface area (TPSA) is 61.2 Å². The number of para-hydroxylation sites is 1. The van der Waals surface area contributed by atoms with Crippen LogP contribution in [0.3, 0.4) is 0 Å². The Morgan fingerprint density at radius 3 is 2.21 bits per heavy atom. The molecule has 5 aromatic rings. The fraction of sp³-hybridized carbons (Fsp3) is 0.0741. The standard InChI is InChI=1S/C27H20N2O3S/c1-18-23-16-25(33-26(23)29(28-18)22-10-6-3-7-11-22)27(31)32-17-24(30)21-14-12-20(13-15-21)19-8-4-2-5-9-19/h2-16H,17H2,1H3. The van der Waals surface area contributed by atoms with Crippen LogP contribution in [-0.2, 0) is 4.74 Å². The molecule has 0 spiro atoms. The molecule has 2 aromatic heterocycles. The zero-order chi connectivity index (χ0) is 22.8. The number of ketones is 1. The summed E-state index contributed by atoms with van der Waals surface area (Å²) >= 11 is 1.31. The van der Waals surface area contributed by atoms with E-state index < -0.39 is 5.97 Å². The predicted octanol–water partition coefficient (Wildman–Crippen LogP) is 6.10. The molecule has 6 heteroatoms. The van der Waals surface area contributed by atoms with Crippen LogP contribution in [0.25, 0.3) is 27.0 Å². The Labute approximate surface area is 194 Å². The number of carbonyl (C=O) groups excluding carboxylic acids is 2. The number of carbonyl (C=O) groups is 2. The average Bonchev–Trinajstić information content (AvgIpc) is 3.44. The molecular formula is C27H20N2O3S. The maximum absolute atomic E-state index is 12.7. The summed E-state index contributed by atoms with van der Waals surface area (Å²) in [6, 6.07) is 28.8. The van der Waals surface area contributed by atoms with Gasteiger partial charge in [0.1, 0.15) is 9.71 Å². The number of fused-ring (bicyclic) bond motifs is 1. The molecule has 0 aliphatic carbocycles. The smallest absolute Gasteiger partial charge is 0.348 e. The highest BCUT2D eigenvalue weighted by molar-refractivity contribution is 7.20. The summed E-state index contributed by atoms with van der Waals surface area (Å²) in [5.74, 6) is -0.750. The number of aryl methyl sites for hydroxylation is 1. The zero-order valence-corrected chi connectivity index (χ0v) is 18.7. The van der Waals surface area contributed by atoms with E-state index in [9.17, 15) is 9.59 Å². The molecule has 0 radical (unpaired) electrons. The number of Topliss-reactive ketones (excluding diaryl/α,β-unsaturated/α-hetero) is 1. The summed E-state index contributed by atoms with van der Waals surface area (Å²) in [4.78, 5) is 26.5. The first-order valence-electron chi connectivity index (χ1n) is 10.5. The molecule has 0 fully saturated rings. The number of thiophene rings is 1. The Hall–Kier alpha value is -4.03. The van der Waals surface area contributed by atoms with E-state index in [2.05, 4.69) is 5.10 Å². The van der Waals surface area contributed by atoms with Gasteiger partial charge in [-0.3, -0.25) is 4.79 Å². The highest BCUT2D eigenvalue weighted by Crippen LogP contribution is 2.30. The van der Waals surface area contributed by atoms with Crippen LogP contribution in [0, 0.1) is 6.92 Å². The van der Waals surface area contributed by atoms with Crippen LogP contribution < -0.4 is 0 Å². The fourth-order valence-electron chi connectivity index (χ4n) is 3.66. The minimum Gasteiger partial charge on any atom is -0.453 e. The second-order valence-corrected chi connectivity index (χ2v) is 8.64. The molecule has 0 aliphatic heterocycles. The molecule has 162 valence electrons. The second-order valence-electron chi connectivity index (χ2n) is 7.60. The van der Waals surface area contributed by atoms with E-state index in [-0.39, 0.29) is 12.4 Å². The maximum Gasteiger partial charge on any atom is 0.348 e. The van der Waals surface area contributed by atoms with Crippen LogP contribution in [0.1, 0.15) is 25.7 Å². The van der Waals surface area contributed by atoms with Gasteiger partial charge in [0.2, 0.25) is 0 Å². The van der Waals surface area contributed by atoms with E-state index >= 15 is 0 Å². The van der Waals surface area contributed by atoms with Crippen molar-refractivity contribution in [3.63, 3.8) is 0 Å². The Bertz CT molecular complexity index is 1440. The predicted molar refractivity (Wildman–Crippen MR) is 130 cm³/mol. The minimum absolute atomic E-state index is 0.240. The Morgan fingerprint density at radius 1 is 0.879 bits per heavy atom. The first-order valence-corrected chi connectivity index (χ1v) is 11.3. The third kappa shape index (κ3) is 4.21. The lowest BCUT2D eigenvalue weighted by Gasteiger charge is -2.05. The van der Waals surface area contributed by atoms with Crippen molar-refractivity contribution < 1.29 is 14.3 Å². The van der Waals surface area contributed by atoms with Crippen LogP contribution in [0.5, 0.6) is 0 Å². The van der Waals surface area contributed by atoms with E-state index in [0.29, 0.717) is 10.4 Å². The molecule has 0 amide bonds. The SMILES string of the molecule is Cc1nn(-c2ccccc2)c2sc(C(=O)OCC(=O)c3ccc(-c4ccccc4)cc3)cc12. The second kappa shape index (κ2) is 8.84. The summed E-state index contributed by atoms with van der Waals surface area (Å²) in [6.07, 6.45) is 0. The largest absolute Gasteiger partial charge is 0.453 e. The molecule has 33 heavy (non-hydrogen) atoms. The summed E-state index contributed by atoms with van der Waals surface area (Å²) < 4.78 is 7.16. The molecule has 0 N–H and O–H groups in total. The summed E-state index contributed by atoms with van der Waals surface area (Å²) in [5, 5.41) is 5.49. The molecule has 0 saturated heterocycles. The molecule has 2 heterocycles. The summed E-state index contributed by atoms with van der Waals surface area (Å²) in [5.41, 5.74) is 4.37. The van der Waals surface area contributed by atoms with Gasteiger partial charge >= 0.3 is 5.97 Å². The van der Waals surface area contributed by atoms with Crippen molar-refractivity contribution in [3.05, 3.63) is 107 Å². The third-order valence-electron chi connectivity index (χ3n) is 5.39. The number of ether oxygens (including phenoxy) is 1. The summed E-state index contributed by atoms with van der Waals surface area (Å²) in [7, 11) is 0. The highest BCUT2D eigenvalue weighted by atomic mass is 32.1. The van der Waals surface area contributed by atoms with E-state index in [0.717, 1.165) is 32.7 Å². The first-order chi connectivity index (χ1) is 16.1. The quantitative estimate of drug-likeness (QED) is 0.231. The van der Waals surface area contributed by atoms with Crippen molar-refractivity contribution in [1.82, 2.24) is 9.78 Å². The molecule has 5 nitrogen and oxygen atoms in total. The number of benzene rings is 3. The van der Waals surface area contributed by atoms with E-state index in [4.69, 9.17) is 4.74 Å². The van der Waals surface area contributed by atoms with Gasteiger partial charge in [0.05, 0.1) is 11.4 Å². The molecule has 3 aromatic carbocycles. The van der Waals surface area contributed by atoms with Gasteiger partial charge in [-0.1, -0.05) is 72.8 Å². The van der Waals surface area contributed by atoms with Gasteiger partial charge in [0, 0.05) is 10.9 Å². The van der Waals surface area contributed by atoms with E-state index in [1.165, 1.54) is 11.3 Å². The van der Waals surface area contributed by atoms with Crippen LogP contribution in [0.2, 0.25) is 0 Å². The van der Waals surface area contributed by atoms with Crippen LogP contribution in [-0.4, -0.2) is 28.1 Å². The van der Waals surface area contributed by atoms with Gasteiger partial charge < -0.3 is 4.74 Å². The van der Waals surface area contributed by atoms with Crippen LogP contribution >= 0.6 is 11.3 Å². The summed E-state index contributed by atoms with van der Waals surface area (Å²) in [6.45, 7) is 1.60. The average molecular weight is 453 g/mol. The normalized spacial score (nSPS) is 10.9. The van der Waals surface area contributed by atoms with E-state index in [1.807, 2.05) is 84.4 Å². The molecule has 0 atom stereocenters. The Kier molecular flexibility index (Phi) is 5.59. The third-order valence-corrected chi connectivity index (χ3v) is 6.49. The molecule has 0 unspecified atom stereocenters. The van der Waals surface area contributed by atoms with E-state index in [1.54, 1.807) is 18.2 Å². The van der Waals surface area contributed by atoms with Gasteiger partial charge in [0.15, 0.2) is 12.4 Å². The van der Waals surface area contributed by atoms with Crippen LogP contribution in [0.15, 0.2) is 91.0 Å². The number of hydrogen-bond donors (Lipinski definition) is 0. The van der Waals surface area contributed by atoms with Gasteiger partial charge in [-0.2, -0.15) is 5.10 Å². The molecule has 0 saturated carbocycles. The van der Waals surface area contributed by atoms with Crippen molar-refractivity contribution in [2.45, 2.75) is 6.92 Å². The lowest BCUT2D eigenvalue weighted by atomic mass is 10.0. The van der Waals surface area contributed by atoms with Gasteiger partial charge in [-0.15, -0.1) is 11.3 Å². The van der Waals surface area contributed by atoms with Crippen LogP contribution in [0.4, 0.5) is 0 Å². The van der Waals surface area contributed by atoms with Crippen molar-refractivity contribution in [2.75, 3.05) is 6.61 Å². The molecule has 5 rings (SSSR count). The minimum atomic E-state index is -0.510. The van der Waals surface area contributed by atoms with Crippen molar-refractivity contribution in [2.24, 2.45) is 0 Å². The number of rotatable bonds is 6. The van der Waals surface area contributed by atoms with Gasteiger partial charge in [0.25, 0.3) is 0 Å². The Balaban J connectivity index is 1.29. The van der Waals surface area contributed by atoms with Crippen molar-refractivity contribution in [3.8, 4) is 16.8 Å². The number of hydrogen-bond acceptors (Lipinski definition) is 5. The highest BCUT2D eigenvalue weighted by Gasteiger charge is 2.19. The first kappa shape index (κ1) is 20.8. The van der Waals surface area contributed by atoms with Gasteiger partial charge in [-0.25, -0.2) is 9.48 Å².